The maximum Gasteiger partial charge on any atom is 0.220 e. The first-order valence-corrected chi connectivity index (χ1v) is 8.22. The smallest absolute Gasteiger partial charge is 0.220 e. The SMILES string of the molecule is CC(N)CCC(=O)NC(C)c1cccc(OCc2ccccn2)c1. The molecule has 3 N–H and O–H groups in total. The number of aromatic nitrogens is 1. The molecule has 5 heteroatoms. The summed E-state index contributed by atoms with van der Waals surface area (Å²) in [6.45, 7) is 4.28. The van der Waals surface area contributed by atoms with Crippen molar-refractivity contribution in [1.29, 1.82) is 0 Å². The number of nitrogens with zero attached hydrogens (tertiary/aromatic N) is 1. The van der Waals surface area contributed by atoms with Crippen molar-refractivity contribution in [2.24, 2.45) is 5.73 Å². The van der Waals surface area contributed by atoms with E-state index in [4.69, 9.17) is 10.5 Å². The molecule has 2 rings (SSSR count). The lowest BCUT2D eigenvalue weighted by atomic mass is 10.1. The van der Waals surface area contributed by atoms with Crippen LogP contribution < -0.4 is 15.8 Å². The van der Waals surface area contributed by atoms with E-state index in [1.165, 1.54) is 0 Å². The average molecular weight is 327 g/mol. The summed E-state index contributed by atoms with van der Waals surface area (Å²) in [5, 5.41) is 2.99. The Bertz CT molecular complexity index is 644. The van der Waals surface area contributed by atoms with E-state index in [9.17, 15) is 4.79 Å². The Labute approximate surface area is 143 Å². The van der Waals surface area contributed by atoms with Crippen molar-refractivity contribution in [1.82, 2.24) is 10.3 Å². The molecular weight excluding hydrogens is 302 g/mol. The van der Waals surface area contributed by atoms with Gasteiger partial charge in [-0.25, -0.2) is 0 Å². The Balaban J connectivity index is 1.90. The minimum atomic E-state index is -0.0796. The summed E-state index contributed by atoms with van der Waals surface area (Å²) in [6.07, 6.45) is 2.87. The van der Waals surface area contributed by atoms with Gasteiger partial charge in [-0.1, -0.05) is 18.2 Å². The van der Waals surface area contributed by atoms with Crippen LogP contribution in [0.3, 0.4) is 0 Å². The molecule has 1 heterocycles. The predicted octanol–water partition coefficient (Wildman–Crippen LogP) is 2.97. The van der Waals surface area contributed by atoms with Crippen molar-refractivity contribution < 1.29 is 9.53 Å². The largest absolute Gasteiger partial charge is 0.487 e. The van der Waals surface area contributed by atoms with Crippen LogP contribution in [0.15, 0.2) is 48.7 Å². The van der Waals surface area contributed by atoms with Crippen molar-refractivity contribution in [2.45, 2.75) is 45.4 Å². The summed E-state index contributed by atoms with van der Waals surface area (Å²) >= 11 is 0. The molecular formula is C19H25N3O2. The molecule has 2 atom stereocenters. The summed E-state index contributed by atoms with van der Waals surface area (Å²) in [7, 11) is 0. The van der Waals surface area contributed by atoms with Crippen LogP contribution in [0.2, 0.25) is 0 Å². The van der Waals surface area contributed by atoms with Gasteiger partial charge in [0.05, 0.1) is 11.7 Å². The Hall–Kier alpha value is -2.40. The van der Waals surface area contributed by atoms with Crippen LogP contribution in [-0.2, 0) is 11.4 Å². The molecule has 1 amide bonds. The normalized spacial score (nSPS) is 13.1. The van der Waals surface area contributed by atoms with Gasteiger partial charge in [-0.3, -0.25) is 9.78 Å². The molecule has 0 saturated heterocycles. The van der Waals surface area contributed by atoms with E-state index in [1.807, 2.05) is 56.3 Å². The standard InChI is InChI=1S/C19H25N3O2/c1-14(20)9-10-19(23)22-15(2)16-6-5-8-18(12-16)24-13-17-7-3-4-11-21-17/h3-8,11-12,14-15H,9-10,13,20H2,1-2H3,(H,22,23). The molecule has 0 fully saturated rings. The number of carbonyl (C=O) groups is 1. The average Bonchev–Trinajstić information content (AvgIpc) is 2.59. The molecule has 0 aliphatic carbocycles. The number of nitrogens with one attached hydrogen (secondary N) is 1. The third-order valence-corrected chi connectivity index (χ3v) is 3.68. The van der Waals surface area contributed by atoms with E-state index < -0.39 is 0 Å². The molecule has 5 nitrogen and oxygen atoms in total. The van der Waals surface area contributed by atoms with Gasteiger partial charge >= 0.3 is 0 Å². The van der Waals surface area contributed by atoms with Gasteiger partial charge in [0.1, 0.15) is 12.4 Å². The summed E-state index contributed by atoms with van der Waals surface area (Å²) in [5.74, 6) is 0.773. The zero-order chi connectivity index (χ0) is 17.4. The maximum atomic E-state index is 11.9. The Morgan fingerprint density at radius 3 is 2.79 bits per heavy atom. The van der Waals surface area contributed by atoms with Crippen LogP contribution in [-0.4, -0.2) is 16.9 Å². The molecule has 0 aliphatic rings. The van der Waals surface area contributed by atoms with Crippen molar-refractivity contribution in [2.75, 3.05) is 0 Å². The molecule has 0 saturated carbocycles. The molecule has 24 heavy (non-hydrogen) atoms. The minimum absolute atomic E-state index is 0.0135. The molecule has 128 valence electrons. The first kappa shape index (κ1) is 17.9. The Morgan fingerprint density at radius 1 is 1.25 bits per heavy atom. The van der Waals surface area contributed by atoms with E-state index >= 15 is 0 Å². The molecule has 0 bridgehead atoms. The van der Waals surface area contributed by atoms with Crippen molar-refractivity contribution in [3.8, 4) is 5.75 Å². The zero-order valence-corrected chi connectivity index (χ0v) is 14.2. The fourth-order valence-corrected chi connectivity index (χ4v) is 2.27. The molecule has 0 spiro atoms. The van der Waals surface area contributed by atoms with Gasteiger partial charge in [0.2, 0.25) is 5.91 Å². The molecule has 0 radical (unpaired) electrons. The number of rotatable bonds is 8. The monoisotopic (exact) mass is 327 g/mol. The van der Waals surface area contributed by atoms with Crippen LogP contribution in [0, 0.1) is 0 Å². The quantitative estimate of drug-likeness (QED) is 0.781. The van der Waals surface area contributed by atoms with Crippen LogP contribution >= 0.6 is 0 Å². The number of carbonyl (C=O) groups excluding carboxylic acids is 1. The number of nitrogens with two attached hydrogens (primary N) is 1. The van der Waals surface area contributed by atoms with E-state index in [2.05, 4.69) is 10.3 Å². The molecule has 1 aromatic carbocycles. The molecule has 2 unspecified atom stereocenters. The van der Waals surface area contributed by atoms with Gasteiger partial charge < -0.3 is 15.8 Å². The third-order valence-electron chi connectivity index (χ3n) is 3.68. The van der Waals surface area contributed by atoms with Crippen molar-refractivity contribution in [3.63, 3.8) is 0 Å². The zero-order valence-electron chi connectivity index (χ0n) is 14.2. The number of pyridine rings is 1. The number of amides is 1. The van der Waals surface area contributed by atoms with Gasteiger partial charge in [-0.05, 0) is 50.1 Å². The van der Waals surface area contributed by atoms with Crippen LogP contribution in [0.1, 0.15) is 44.0 Å². The van der Waals surface area contributed by atoms with E-state index in [1.54, 1.807) is 6.20 Å². The predicted molar refractivity (Wildman–Crippen MR) is 94.5 cm³/mol. The van der Waals surface area contributed by atoms with E-state index in [-0.39, 0.29) is 18.0 Å². The van der Waals surface area contributed by atoms with Crippen LogP contribution in [0.4, 0.5) is 0 Å². The highest BCUT2D eigenvalue weighted by atomic mass is 16.5. The lowest BCUT2D eigenvalue weighted by Gasteiger charge is -2.16. The molecule has 2 aromatic rings. The lowest BCUT2D eigenvalue weighted by Crippen LogP contribution is -2.28. The maximum absolute atomic E-state index is 11.9. The van der Waals surface area contributed by atoms with Gasteiger partial charge in [-0.2, -0.15) is 0 Å². The van der Waals surface area contributed by atoms with Crippen LogP contribution in [0.25, 0.3) is 0 Å². The number of hydrogen-bond donors (Lipinski definition) is 2. The topological polar surface area (TPSA) is 77.2 Å². The van der Waals surface area contributed by atoms with Gasteiger partial charge in [-0.15, -0.1) is 0 Å². The van der Waals surface area contributed by atoms with E-state index in [0.717, 1.165) is 17.0 Å². The summed E-state index contributed by atoms with van der Waals surface area (Å²) in [4.78, 5) is 16.2. The van der Waals surface area contributed by atoms with Crippen molar-refractivity contribution >= 4 is 5.91 Å². The highest BCUT2D eigenvalue weighted by Crippen LogP contribution is 2.20. The second-order valence-corrected chi connectivity index (χ2v) is 5.99. The number of ether oxygens (including phenoxy) is 1. The van der Waals surface area contributed by atoms with Crippen molar-refractivity contribution in [3.05, 3.63) is 59.9 Å². The highest BCUT2D eigenvalue weighted by Gasteiger charge is 2.11. The Morgan fingerprint density at radius 2 is 2.08 bits per heavy atom. The number of benzene rings is 1. The van der Waals surface area contributed by atoms with Crippen LogP contribution in [0.5, 0.6) is 5.75 Å². The second kappa shape index (κ2) is 9.03. The first-order chi connectivity index (χ1) is 11.5. The Kier molecular flexibility index (Phi) is 6.75. The first-order valence-electron chi connectivity index (χ1n) is 8.22. The minimum Gasteiger partial charge on any atom is -0.487 e. The number of hydrogen-bond acceptors (Lipinski definition) is 4. The fourth-order valence-electron chi connectivity index (χ4n) is 2.27. The third kappa shape index (κ3) is 6.01. The second-order valence-electron chi connectivity index (χ2n) is 5.99. The summed E-state index contributed by atoms with van der Waals surface area (Å²) in [6, 6.07) is 13.4. The molecule has 1 aromatic heterocycles. The highest BCUT2D eigenvalue weighted by molar-refractivity contribution is 5.76. The summed E-state index contributed by atoms with van der Waals surface area (Å²) < 4.78 is 5.78. The van der Waals surface area contributed by atoms with Gasteiger partial charge in [0, 0.05) is 18.7 Å². The molecule has 0 aliphatic heterocycles. The summed E-state index contributed by atoms with van der Waals surface area (Å²) in [5.41, 5.74) is 7.56. The fraction of sp³-hybridized carbons (Fsp3) is 0.368. The lowest BCUT2D eigenvalue weighted by molar-refractivity contribution is -0.121. The van der Waals surface area contributed by atoms with Gasteiger partial charge in [0.25, 0.3) is 0 Å². The van der Waals surface area contributed by atoms with E-state index in [0.29, 0.717) is 19.4 Å². The van der Waals surface area contributed by atoms with Gasteiger partial charge in [0.15, 0.2) is 0 Å².